The van der Waals surface area contributed by atoms with Crippen molar-refractivity contribution in [2.24, 2.45) is 0 Å². The lowest BCUT2D eigenvalue weighted by atomic mass is 10.0. The first-order valence-electron chi connectivity index (χ1n) is 13.2. The largest absolute Gasteiger partial charge is 0.308 e. The molecule has 0 bridgehead atoms. The van der Waals surface area contributed by atoms with Gasteiger partial charge in [-0.2, -0.15) is 10.5 Å². The number of nitriles is 2. The van der Waals surface area contributed by atoms with Crippen LogP contribution in [-0.4, -0.2) is 9.13 Å². The van der Waals surface area contributed by atoms with Crippen LogP contribution >= 0.6 is 0 Å². The second-order valence-corrected chi connectivity index (χ2v) is 9.98. The molecule has 0 saturated carbocycles. The van der Waals surface area contributed by atoms with Gasteiger partial charge in [0.15, 0.2) is 0 Å². The Balaban J connectivity index is 1.50. The van der Waals surface area contributed by atoms with Crippen molar-refractivity contribution in [1.29, 1.82) is 10.5 Å². The van der Waals surface area contributed by atoms with Crippen LogP contribution in [0.15, 0.2) is 121 Å². The Morgan fingerprint density at radius 3 is 1.43 bits per heavy atom. The van der Waals surface area contributed by atoms with Crippen molar-refractivity contribution in [2.75, 3.05) is 0 Å². The van der Waals surface area contributed by atoms with Gasteiger partial charge in [-0.15, -0.1) is 0 Å². The lowest BCUT2D eigenvalue weighted by Crippen LogP contribution is -2.05. The van der Waals surface area contributed by atoms with Gasteiger partial charge in [0.2, 0.25) is 0 Å². The van der Waals surface area contributed by atoms with Gasteiger partial charge in [-0.3, -0.25) is 0 Å². The fourth-order valence-corrected chi connectivity index (χ4v) is 6.36. The van der Waals surface area contributed by atoms with Crippen molar-refractivity contribution in [1.82, 2.24) is 9.13 Å². The second kappa shape index (κ2) is 8.33. The third-order valence-electron chi connectivity index (χ3n) is 8.01. The Morgan fingerprint density at radius 2 is 0.850 bits per heavy atom. The minimum atomic E-state index is 0.359. The van der Waals surface area contributed by atoms with Gasteiger partial charge >= 0.3 is 0 Å². The highest BCUT2D eigenvalue weighted by Crippen LogP contribution is 2.39. The van der Waals surface area contributed by atoms with Gasteiger partial charge < -0.3 is 9.13 Å². The SMILES string of the molecule is N#Cc1c(-n2c3ccccc3c3ccccc32)ccc(-n2c3ccccc3c3c4ccccc4ccc32)c1C#N. The number of nitrogens with zero attached hydrogens (tertiary/aromatic N) is 4. The zero-order valence-corrected chi connectivity index (χ0v) is 21.3. The van der Waals surface area contributed by atoms with Gasteiger partial charge in [-0.25, -0.2) is 0 Å². The van der Waals surface area contributed by atoms with E-state index in [4.69, 9.17) is 0 Å². The van der Waals surface area contributed by atoms with Crippen molar-refractivity contribution < 1.29 is 0 Å². The van der Waals surface area contributed by atoms with Crippen molar-refractivity contribution >= 4 is 54.4 Å². The highest BCUT2D eigenvalue weighted by molar-refractivity contribution is 6.21. The number of benzene rings is 6. The zero-order chi connectivity index (χ0) is 26.8. The molecule has 0 aliphatic rings. The average molecular weight is 509 g/mol. The molecule has 40 heavy (non-hydrogen) atoms. The van der Waals surface area contributed by atoms with Crippen LogP contribution < -0.4 is 0 Å². The molecule has 0 aliphatic carbocycles. The summed E-state index contributed by atoms with van der Waals surface area (Å²) < 4.78 is 4.24. The van der Waals surface area contributed by atoms with E-state index in [1.54, 1.807) is 0 Å². The summed E-state index contributed by atoms with van der Waals surface area (Å²) in [6, 6.07) is 46.1. The Kier molecular flexibility index (Phi) is 4.62. The minimum Gasteiger partial charge on any atom is -0.308 e. The summed E-state index contributed by atoms with van der Waals surface area (Å²) in [6.45, 7) is 0. The van der Waals surface area contributed by atoms with Crippen molar-refractivity contribution in [3.05, 3.63) is 132 Å². The topological polar surface area (TPSA) is 57.4 Å². The molecule has 2 heterocycles. The molecule has 0 radical (unpaired) electrons. The summed E-state index contributed by atoms with van der Waals surface area (Å²) in [5.74, 6) is 0. The number of fused-ring (bicyclic) bond motifs is 8. The fourth-order valence-electron chi connectivity index (χ4n) is 6.36. The molecule has 2 aromatic heterocycles. The molecule has 0 amide bonds. The second-order valence-electron chi connectivity index (χ2n) is 9.98. The summed E-state index contributed by atoms with van der Waals surface area (Å²) in [4.78, 5) is 0. The third-order valence-corrected chi connectivity index (χ3v) is 8.01. The molecule has 0 saturated heterocycles. The first kappa shape index (κ1) is 22.2. The van der Waals surface area contributed by atoms with Crippen LogP contribution in [0.5, 0.6) is 0 Å². The number of para-hydroxylation sites is 3. The molecular weight excluding hydrogens is 488 g/mol. The average Bonchev–Trinajstić information content (AvgIpc) is 3.53. The highest BCUT2D eigenvalue weighted by Gasteiger charge is 2.22. The first-order chi connectivity index (χ1) is 19.8. The Bertz CT molecular complexity index is 2350. The monoisotopic (exact) mass is 508 g/mol. The van der Waals surface area contributed by atoms with Gasteiger partial charge in [0.1, 0.15) is 12.1 Å². The molecule has 4 heteroatoms. The van der Waals surface area contributed by atoms with Crippen LogP contribution in [-0.2, 0) is 0 Å². The minimum absolute atomic E-state index is 0.359. The van der Waals surface area contributed by atoms with E-state index in [0.29, 0.717) is 22.5 Å². The molecule has 8 aromatic rings. The summed E-state index contributed by atoms with van der Waals surface area (Å²) in [5.41, 5.74) is 6.12. The Labute approximate surface area is 229 Å². The van der Waals surface area contributed by atoms with E-state index in [1.807, 2.05) is 54.6 Å². The maximum Gasteiger partial charge on any atom is 0.103 e. The number of rotatable bonds is 2. The van der Waals surface area contributed by atoms with Crippen LogP contribution in [0.2, 0.25) is 0 Å². The maximum absolute atomic E-state index is 10.6. The molecule has 184 valence electrons. The molecule has 8 rings (SSSR count). The van der Waals surface area contributed by atoms with Crippen molar-refractivity contribution in [2.45, 2.75) is 0 Å². The normalized spacial score (nSPS) is 11.4. The standard InChI is InChI=1S/C36H20N4/c37-21-28-29(22-38)34(20-19-33(28)39-30-14-6-3-11-25(30)26-12-4-7-15-31(26)39)40-32-16-8-5-13-27(32)36-24-10-2-1-9-23(24)17-18-35(36)40/h1-20H. The van der Waals surface area contributed by atoms with Crippen LogP contribution in [0, 0.1) is 22.7 Å². The molecule has 0 spiro atoms. The van der Waals surface area contributed by atoms with Crippen molar-refractivity contribution in [3.8, 4) is 23.5 Å². The van der Waals surface area contributed by atoms with Crippen LogP contribution in [0.4, 0.5) is 0 Å². The van der Waals surface area contributed by atoms with Gasteiger partial charge in [0, 0.05) is 21.5 Å². The van der Waals surface area contributed by atoms with E-state index < -0.39 is 0 Å². The number of hydrogen-bond donors (Lipinski definition) is 0. The van der Waals surface area contributed by atoms with E-state index in [-0.39, 0.29) is 0 Å². The van der Waals surface area contributed by atoms with Gasteiger partial charge in [-0.05, 0) is 47.2 Å². The van der Waals surface area contributed by atoms with Gasteiger partial charge in [0.25, 0.3) is 0 Å². The van der Waals surface area contributed by atoms with E-state index in [0.717, 1.165) is 54.4 Å². The van der Waals surface area contributed by atoms with Crippen LogP contribution in [0.3, 0.4) is 0 Å². The van der Waals surface area contributed by atoms with E-state index in [9.17, 15) is 10.5 Å². The van der Waals surface area contributed by atoms with E-state index in [2.05, 4.69) is 88.0 Å². The van der Waals surface area contributed by atoms with Crippen molar-refractivity contribution in [3.63, 3.8) is 0 Å². The molecule has 4 nitrogen and oxygen atoms in total. The number of aromatic nitrogens is 2. The molecule has 0 aliphatic heterocycles. The molecule has 0 N–H and O–H groups in total. The summed E-state index contributed by atoms with van der Waals surface area (Å²) in [5, 5.41) is 27.9. The molecule has 6 aromatic carbocycles. The van der Waals surface area contributed by atoms with E-state index >= 15 is 0 Å². The van der Waals surface area contributed by atoms with Crippen LogP contribution in [0.1, 0.15) is 11.1 Å². The maximum atomic E-state index is 10.6. The summed E-state index contributed by atoms with van der Waals surface area (Å²) >= 11 is 0. The lowest BCUT2D eigenvalue weighted by molar-refractivity contribution is 1.12. The molecule has 0 atom stereocenters. The number of hydrogen-bond acceptors (Lipinski definition) is 2. The van der Waals surface area contributed by atoms with Gasteiger partial charge in [0.05, 0.1) is 44.6 Å². The molecular formula is C36H20N4. The van der Waals surface area contributed by atoms with Crippen LogP contribution in [0.25, 0.3) is 65.8 Å². The predicted molar refractivity (Wildman–Crippen MR) is 162 cm³/mol. The Morgan fingerprint density at radius 1 is 0.400 bits per heavy atom. The lowest BCUT2D eigenvalue weighted by Gasteiger charge is -2.16. The van der Waals surface area contributed by atoms with E-state index in [1.165, 1.54) is 0 Å². The zero-order valence-electron chi connectivity index (χ0n) is 21.3. The summed E-state index contributed by atoms with van der Waals surface area (Å²) in [7, 11) is 0. The smallest absolute Gasteiger partial charge is 0.103 e. The predicted octanol–water partition coefficient (Wildman–Crippen LogP) is 8.78. The molecule has 0 fully saturated rings. The highest BCUT2D eigenvalue weighted by atomic mass is 15.0. The quantitative estimate of drug-likeness (QED) is 0.234. The fraction of sp³-hybridized carbons (Fsp3) is 0. The molecule has 0 unspecified atom stereocenters. The third kappa shape index (κ3) is 2.88. The summed E-state index contributed by atoms with van der Waals surface area (Å²) in [6.07, 6.45) is 0. The van der Waals surface area contributed by atoms with Gasteiger partial charge in [-0.1, -0.05) is 84.9 Å². The first-order valence-corrected chi connectivity index (χ1v) is 13.2. The Hall–Kier alpha value is -5.84.